The van der Waals surface area contributed by atoms with E-state index >= 15 is 0 Å². The van der Waals surface area contributed by atoms with Crippen LogP contribution in [0.1, 0.15) is 44.8 Å². The van der Waals surface area contributed by atoms with Gasteiger partial charge < -0.3 is 65.3 Å². The first-order chi connectivity index (χ1) is 30.4. The quantitative estimate of drug-likeness (QED) is 0.0138. The molecule has 0 amide bonds. The van der Waals surface area contributed by atoms with Crippen molar-refractivity contribution in [3.63, 3.8) is 0 Å². The van der Waals surface area contributed by atoms with Gasteiger partial charge in [0.2, 0.25) is 17.6 Å². The second-order valence-electron chi connectivity index (χ2n) is 11.0. The van der Waals surface area contributed by atoms with Crippen molar-refractivity contribution in [2.45, 2.75) is 46.5 Å². The Morgan fingerprint density at radius 2 is 1.20 bits per heavy atom. The molecular formula is C35H54Br4KN9O16S. The number of nitrogens with one attached hydrogen (secondary N) is 1. The molecule has 0 aromatic carbocycles. The largest absolute Gasteiger partial charge is 1.00 e. The van der Waals surface area contributed by atoms with Gasteiger partial charge in [0, 0.05) is 26.4 Å². The molecule has 370 valence electrons. The Bertz CT molecular complexity index is 1980. The third-order valence-corrected chi connectivity index (χ3v) is 8.83. The van der Waals surface area contributed by atoms with Crippen molar-refractivity contribution in [1.29, 1.82) is 0 Å². The minimum absolute atomic E-state index is 0. The smallest absolute Gasteiger partial charge is 0.870 e. The molecule has 4 rings (SSSR count). The maximum atomic E-state index is 9.30. The Hall–Kier alpha value is -1.99. The second-order valence-corrected chi connectivity index (χ2v) is 15.1. The fourth-order valence-electron chi connectivity index (χ4n) is 3.92. The minimum atomic E-state index is -4.67. The second kappa shape index (κ2) is 39.8. The van der Waals surface area contributed by atoms with E-state index in [4.69, 9.17) is 77.0 Å². The number of alkyl halides is 1. The van der Waals surface area contributed by atoms with E-state index in [-0.39, 0.29) is 88.0 Å². The van der Waals surface area contributed by atoms with Gasteiger partial charge in [-0.2, -0.15) is 8.42 Å². The molecule has 1 aliphatic rings. The van der Waals surface area contributed by atoms with Crippen LogP contribution in [0, 0.1) is 0 Å². The summed E-state index contributed by atoms with van der Waals surface area (Å²) >= 11 is 13.1. The molecule has 3 aromatic rings. The van der Waals surface area contributed by atoms with Crippen LogP contribution in [0.15, 0.2) is 65.1 Å². The predicted octanol–water partition coefficient (Wildman–Crippen LogP) is 1.24. The summed E-state index contributed by atoms with van der Waals surface area (Å²) in [5.41, 5.74) is 15.1. The van der Waals surface area contributed by atoms with Gasteiger partial charge in [-0.1, -0.05) is 26.2 Å². The van der Waals surface area contributed by atoms with Crippen LogP contribution >= 0.6 is 63.7 Å². The number of nitrogens with two attached hydrogens (primary N) is 2. The molecule has 4 heterocycles. The zero-order valence-corrected chi connectivity index (χ0v) is 47.4. The van der Waals surface area contributed by atoms with Crippen molar-refractivity contribution in [2.24, 2.45) is 26.8 Å². The zero-order valence-electron chi connectivity index (χ0n) is 37.1. The number of halogens is 4. The molecule has 0 spiro atoms. The van der Waals surface area contributed by atoms with Gasteiger partial charge in [0.05, 0.1) is 40.1 Å². The number of methoxy groups -OCH3 is 3. The average Bonchev–Trinajstić information content (AvgIpc) is 3.26. The number of aromatic nitrogens is 3. The number of ether oxygens (including phenoxy) is 7. The summed E-state index contributed by atoms with van der Waals surface area (Å²) in [5.74, 6) is 1.74. The van der Waals surface area contributed by atoms with E-state index in [1.807, 2.05) is 27.7 Å². The van der Waals surface area contributed by atoms with Gasteiger partial charge in [0.25, 0.3) is 0 Å². The molecule has 31 heteroatoms. The number of pyridine rings is 3. The molecule has 25 nitrogen and oxygen atoms in total. The number of rotatable bonds is 18. The van der Waals surface area contributed by atoms with Gasteiger partial charge in [0.15, 0.2) is 42.9 Å². The van der Waals surface area contributed by atoms with Gasteiger partial charge in [-0.25, -0.2) is 25.4 Å². The zero-order chi connectivity index (χ0) is 48.7. The monoisotopic (exact) mass is 1240 g/mol. The summed E-state index contributed by atoms with van der Waals surface area (Å²) in [6, 6.07) is 10.3. The van der Waals surface area contributed by atoms with Crippen molar-refractivity contribution >= 4 is 91.6 Å². The number of amidine groups is 3. The van der Waals surface area contributed by atoms with Crippen LogP contribution in [-0.2, 0) is 39.0 Å². The number of hydrogen-bond acceptors (Lipinski definition) is 21. The van der Waals surface area contributed by atoms with Crippen molar-refractivity contribution in [1.82, 2.24) is 20.4 Å². The predicted molar refractivity (Wildman–Crippen MR) is 250 cm³/mol. The summed E-state index contributed by atoms with van der Waals surface area (Å²) in [6.45, 7) is 10.4. The number of hydroxylamine groups is 1. The number of aliphatic hydroxyl groups is 1. The van der Waals surface area contributed by atoms with Crippen molar-refractivity contribution in [2.75, 3.05) is 66.3 Å². The molecule has 1 aliphatic heterocycles. The van der Waals surface area contributed by atoms with Crippen molar-refractivity contribution < 1.29 is 128 Å². The van der Waals surface area contributed by atoms with E-state index in [1.54, 1.807) is 36.4 Å². The van der Waals surface area contributed by atoms with Gasteiger partial charge in [-0.3, -0.25) is 13.9 Å². The molecule has 10 N–H and O–H groups in total. The Morgan fingerprint density at radius 3 is 1.59 bits per heavy atom. The summed E-state index contributed by atoms with van der Waals surface area (Å²) in [5, 5.41) is 25.1. The van der Waals surface area contributed by atoms with Crippen LogP contribution in [-0.4, -0.2) is 151 Å². The van der Waals surface area contributed by atoms with Crippen LogP contribution in [0.3, 0.4) is 0 Å². The number of nitrogens with zero attached hydrogens (tertiary/aromatic N) is 6. The van der Waals surface area contributed by atoms with Gasteiger partial charge in [-0.05, 0) is 112 Å². The summed E-state index contributed by atoms with van der Waals surface area (Å²) in [4.78, 5) is 26.4. The summed E-state index contributed by atoms with van der Waals surface area (Å²) in [7, 11) is -0.128. The van der Waals surface area contributed by atoms with Gasteiger partial charge >= 0.3 is 61.8 Å². The summed E-state index contributed by atoms with van der Waals surface area (Å²) in [6.07, 6.45) is -1.41. The fourth-order valence-corrected chi connectivity index (χ4v) is 5.45. The minimum Gasteiger partial charge on any atom is -0.870 e. The van der Waals surface area contributed by atoms with Gasteiger partial charge in [0.1, 0.15) is 23.7 Å². The van der Waals surface area contributed by atoms with E-state index in [1.165, 1.54) is 21.3 Å². The topological polar surface area (TPSA) is 368 Å². The maximum absolute atomic E-state index is 9.30. The van der Waals surface area contributed by atoms with Crippen LogP contribution in [0.4, 0.5) is 0 Å². The molecule has 0 bridgehead atoms. The molecule has 0 aliphatic carbocycles. The average molecular weight is 1250 g/mol. The first kappa shape index (κ1) is 68.3. The fraction of sp³-hybridized carbons (Fsp3) is 0.486. The molecule has 0 saturated carbocycles. The maximum Gasteiger partial charge on any atom is 1.00 e. The first-order valence-corrected chi connectivity index (χ1v) is 23.2. The van der Waals surface area contributed by atoms with E-state index in [9.17, 15) is 5.11 Å². The van der Waals surface area contributed by atoms with Crippen LogP contribution < -0.4 is 82.5 Å². The molecule has 0 saturated heterocycles. The molecule has 0 radical (unpaired) electrons. The molecule has 66 heavy (non-hydrogen) atoms. The van der Waals surface area contributed by atoms with Crippen molar-refractivity contribution in [3.05, 3.63) is 66.9 Å². The molecule has 1 unspecified atom stereocenters. The number of aliphatic imine (C=N–C) groups is 1. The third kappa shape index (κ3) is 30.5. The van der Waals surface area contributed by atoms with E-state index in [0.29, 0.717) is 71.5 Å². The van der Waals surface area contributed by atoms with Gasteiger partial charge in [-0.15, -0.1) is 0 Å². The Kier molecular flexibility index (Phi) is 41.2. The number of hydrogen-bond donors (Lipinski definition) is 7. The Balaban J connectivity index is -0.000000792. The number of aliphatic hydroxyl groups excluding tert-OH is 1. The van der Waals surface area contributed by atoms with E-state index < -0.39 is 22.9 Å². The first-order valence-electron chi connectivity index (χ1n) is 18.3. The molecular weight excluding hydrogens is 1190 g/mol. The van der Waals surface area contributed by atoms with E-state index in [2.05, 4.69) is 99.5 Å². The molecule has 0 fully saturated rings. The molecule has 3 aromatic heterocycles. The van der Waals surface area contributed by atoms with Crippen LogP contribution in [0.25, 0.3) is 0 Å². The Morgan fingerprint density at radius 1 is 0.788 bits per heavy atom. The normalized spacial score (nSPS) is 13.2. The summed E-state index contributed by atoms with van der Waals surface area (Å²) < 4.78 is 69.8. The van der Waals surface area contributed by atoms with Crippen LogP contribution in [0.5, 0.6) is 17.6 Å². The standard InChI is InChI=1S/C13H20BrN3O4.C9H10BrN3O3.C7H8BrN3O2.C6H13BrO2.K.H2O4S.H2O/c1-4-19-11(20-5-2)8-21-17-12(15)10-7-6-9(14)13(16-10)18-3;1-15-9-5(10)2-3-6(11-9)8-12-7(14)4-16-13-8;1-13-7-4(8)2-3-5(10-7)6(9)11-12;1-3-8-6(5-7)9-4-2;;1-5(2,3)4;/h6-7,11H,4-5,8H2,1-3H3,(H2,15,17);2-3,7,14H,4H2,1H3,(H,12,13);2-3,12H,1H3,(H2,9,11);6H,3-5H2,1-2H3;;(H2,1,2,3,4);1H2/q;;;;+1;;/p-1. The molecule has 1 atom stereocenters. The van der Waals surface area contributed by atoms with Crippen molar-refractivity contribution in [3.8, 4) is 17.6 Å². The Labute approximate surface area is 458 Å². The SMILES string of the molecule is CCOC(CBr)OCC.CCOC(CO/N=C(\N)c1ccc(Br)c(OC)n1)OCC.COc1nc(/C(N)=N/O)ccc1Br.COc1nc(C2=NC(O)CON2)ccc1Br.O=S(=O)(O)O.[K+].[OH-]. The number of oxime groups is 2. The third-order valence-electron chi connectivity index (χ3n) is 6.49. The van der Waals surface area contributed by atoms with E-state index in [0.717, 1.165) is 14.3 Å². The van der Waals surface area contributed by atoms with Crippen LogP contribution in [0.2, 0.25) is 0 Å².